The van der Waals surface area contributed by atoms with Gasteiger partial charge in [0.1, 0.15) is 0 Å². The van der Waals surface area contributed by atoms with Crippen molar-refractivity contribution in [1.29, 1.82) is 0 Å². The van der Waals surface area contributed by atoms with E-state index >= 15 is 0 Å². The summed E-state index contributed by atoms with van der Waals surface area (Å²) in [5.41, 5.74) is 6.16. The molecule has 0 aliphatic carbocycles. The first kappa shape index (κ1) is 9.92. The van der Waals surface area contributed by atoms with Crippen LogP contribution in [0.4, 0.5) is 5.69 Å². The summed E-state index contributed by atoms with van der Waals surface area (Å²) in [4.78, 5) is 16.7. The Labute approximate surface area is 91.0 Å². The van der Waals surface area contributed by atoms with Crippen molar-refractivity contribution in [2.75, 3.05) is 5.73 Å². The van der Waals surface area contributed by atoms with Gasteiger partial charge >= 0.3 is 0 Å². The topological polar surface area (TPSA) is 60.9 Å². The maximum absolute atomic E-state index is 11.5. The highest BCUT2D eigenvalue weighted by molar-refractivity contribution is 7.11. The zero-order valence-corrected chi connectivity index (χ0v) is 9.12. The summed E-state index contributed by atoms with van der Waals surface area (Å²) < 4.78 is 1.59. The van der Waals surface area contributed by atoms with Crippen LogP contribution in [0, 0.1) is 6.92 Å². The van der Waals surface area contributed by atoms with Crippen LogP contribution in [-0.2, 0) is 6.54 Å². The molecule has 0 saturated heterocycles. The highest BCUT2D eigenvalue weighted by Gasteiger charge is 2.01. The molecule has 2 aromatic heterocycles. The van der Waals surface area contributed by atoms with Crippen molar-refractivity contribution < 1.29 is 0 Å². The molecule has 0 saturated carbocycles. The van der Waals surface area contributed by atoms with Crippen LogP contribution in [0.3, 0.4) is 0 Å². The first-order chi connectivity index (χ1) is 7.15. The molecule has 0 aromatic carbocycles. The third-order valence-corrected chi connectivity index (χ3v) is 2.90. The lowest BCUT2D eigenvalue weighted by atomic mass is 10.4. The van der Waals surface area contributed by atoms with Crippen LogP contribution < -0.4 is 11.3 Å². The van der Waals surface area contributed by atoms with E-state index < -0.39 is 0 Å². The predicted octanol–water partition coefficient (Wildman–Crippen LogP) is 1.24. The molecule has 0 aliphatic heterocycles. The average Bonchev–Trinajstić information content (AvgIpc) is 2.58. The molecule has 2 N–H and O–H groups in total. The summed E-state index contributed by atoms with van der Waals surface area (Å²) in [7, 11) is 0. The van der Waals surface area contributed by atoms with Gasteiger partial charge in [0, 0.05) is 29.0 Å². The first-order valence-corrected chi connectivity index (χ1v) is 5.34. The second-order valence-corrected chi connectivity index (χ2v) is 4.59. The summed E-state index contributed by atoms with van der Waals surface area (Å²) in [6, 6.07) is 3.08. The van der Waals surface area contributed by atoms with Crippen LogP contribution in [0.2, 0.25) is 0 Å². The van der Waals surface area contributed by atoms with Crippen molar-refractivity contribution in [2.24, 2.45) is 0 Å². The zero-order valence-electron chi connectivity index (χ0n) is 8.30. The highest BCUT2D eigenvalue weighted by atomic mass is 32.1. The van der Waals surface area contributed by atoms with Crippen LogP contribution in [0.25, 0.3) is 0 Å². The molecule has 2 rings (SSSR count). The van der Waals surface area contributed by atoms with Gasteiger partial charge in [-0.1, -0.05) is 0 Å². The van der Waals surface area contributed by atoms with E-state index in [-0.39, 0.29) is 5.56 Å². The lowest BCUT2D eigenvalue weighted by Gasteiger charge is -2.03. The fourth-order valence-corrected chi connectivity index (χ4v) is 2.11. The van der Waals surface area contributed by atoms with Crippen molar-refractivity contribution in [2.45, 2.75) is 13.5 Å². The van der Waals surface area contributed by atoms with Crippen molar-refractivity contribution in [3.05, 3.63) is 44.8 Å². The van der Waals surface area contributed by atoms with Crippen molar-refractivity contribution >= 4 is 17.0 Å². The van der Waals surface area contributed by atoms with Crippen molar-refractivity contribution in [3.8, 4) is 0 Å². The molecule has 15 heavy (non-hydrogen) atoms. The Morgan fingerprint density at radius 3 is 3.00 bits per heavy atom. The van der Waals surface area contributed by atoms with Gasteiger partial charge in [-0.25, -0.2) is 4.98 Å². The number of nitrogens with zero attached hydrogens (tertiary/aromatic N) is 2. The molecule has 0 aliphatic rings. The van der Waals surface area contributed by atoms with E-state index in [0.29, 0.717) is 12.2 Å². The largest absolute Gasteiger partial charge is 0.398 e. The molecule has 0 bridgehead atoms. The second-order valence-electron chi connectivity index (χ2n) is 3.27. The molecule has 0 atom stereocenters. The quantitative estimate of drug-likeness (QED) is 0.830. The number of hydrogen-bond acceptors (Lipinski definition) is 4. The molecule has 0 amide bonds. The molecule has 78 valence electrons. The first-order valence-electron chi connectivity index (χ1n) is 4.52. The number of aromatic nitrogens is 2. The fraction of sp³-hybridized carbons (Fsp3) is 0.200. The summed E-state index contributed by atoms with van der Waals surface area (Å²) in [6.45, 7) is 2.48. The molecule has 5 heteroatoms. The van der Waals surface area contributed by atoms with E-state index in [2.05, 4.69) is 4.98 Å². The Morgan fingerprint density at radius 1 is 1.53 bits per heavy atom. The Hall–Kier alpha value is -1.62. The minimum Gasteiger partial charge on any atom is -0.398 e. The number of thiazole rings is 1. The lowest BCUT2D eigenvalue weighted by Crippen LogP contribution is -2.18. The van der Waals surface area contributed by atoms with Gasteiger partial charge in [-0.15, -0.1) is 11.3 Å². The summed E-state index contributed by atoms with van der Waals surface area (Å²) >= 11 is 1.59. The number of aryl methyl sites for hydroxylation is 1. The molecule has 0 unspecified atom stereocenters. The number of nitrogens with two attached hydrogens (primary N) is 1. The third-order valence-electron chi connectivity index (χ3n) is 2.00. The van der Waals surface area contributed by atoms with Crippen molar-refractivity contribution in [1.82, 2.24) is 9.55 Å². The maximum atomic E-state index is 11.5. The Kier molecular flexibility index (Phi) is 2.55. The molecule has 2 aromatic rings. The standard InChI is InChI=1S/C10H11N3OS/c1-7-12-4-9(15-7)6-13-5-8(11)2-3-10(13)14/h2-5H,6,11H2,1H3. The van der Waals surface area contributed by atoms with Gasteiger partial charge in [0.25, 0.3) is 5.56 Å². The Morgan fingerprint density at radius 2 is 2.33 bits per heavy atom. The van der Waals surface area contributed by atoms with Gasteiger partial charge in [-0.3, -0.25) is 4.79 Å². The smallest absolute Gasteiger partial charge is 0.250 e. The monoisotopic (exact) mass is 221 g/mol. The van der Waals surface area contributed by atoms with E-state index in [9.17, 15) is 4.79 Å². The van der Waals surface area contributed by atoms with E-state index in [4.69, 9.17) is 5.73 Å². The molecular weight excluding hydrogens is 210 g/mol. The van der Waals surface area contributed by atoms with E-state index in [1.165, 1.54) is 6.07 Å². The Bertz CT molecular complexity index is 529. The predicted molar refractivity (Wildman–Crippen MR) is 61.1 cm³/mol. The van der Waals surface area contributed by atoms with Gasteiger partial charge < -0.3 is 10.3 Å². The van der Waals surface area contributed by atoms with Gasteiger partial charge in [0.2, 0.25) is 0 Å². The minimum absolute atomic E-state index is 0.0461. The lowest BCUT2D eigenvalue weighted by molar-refractivity contribution is 0.770. The molecular formula is C10H11N3OS. The van der Waals surface area contributed by atoms with Gasteiger partial charge in [0.15, 0.2) is 0 Å². The summed E-state index contributed by atoms with van der Waals surface area (Å²) in [5.74, 6) is 0. The Balaban J connectivity index is 2.31. The van der Waals surface area contributed by atoms with Crippen LogP contribution >= 0.6 is 11.3 Å². The molecule has 0 radical (unpaired) electrons. The molecule has 0 spiro atoms. The second kappa shape index (κ2) is 3.86. The summed E-state index contributed by atoms with van der Waals surface area (Å²) in [5, 5.41) is 1.00. The number of anilines is 1. The average molecular weight is 221 g/mol. The molecule has 0 fully saturated rings. The SMILES string of the molecule is Cc1ncc(Cn2cc(N)ccc2=O)s1. The number of rotatable bonds is 2. The van der Waals surface area contributed by atoms with Crippen LogP contribution in [-0.4, -0.2) is 9.55 Å². The minimum atomic E-state index is -0.0461. The fourth-order valence-electron chi connectivity index (χ4n) is 1.32. The number of nitrogen functional groups attached to an aromatic ring is 1. The normalized spacial score (nSPS) is 10.5. The van der Waals surface area contributed by atoms with Crippen LogP contribution in [0.5, 0.6) is 0 Å². The van der Waals surface area contributed by atoms with Gasteiger partial charge in [-0.05, 0) is 13.0 Å². The third kappa shape index (κ3) is 2.24. The van der Waals surface area contributed by atoms with Crippen molar-refractivity contribution in [3.63, 3.8) is 0 Å². The van der Waals surface area contributed by atoms with E-state index in [0.717, 1.165) is 9.88 Å². The summed E-state index contributed by atoms with van der Waals surface area (Å²) in [6.07, 6.45) is 3.44. The molecule has 2 heterocycles. The number of pyridine rings is 1. The zero-order chi connectivity index (χ0) is 10.8. The highest BCUT2D eigenvalue weighted by Crippen LogP contribution is 2.12. The van der Waals surface area contributed by atoms with Gasteiger partial charge in [0.05, 0.1) is 11.6 Å². The van der Waals surface area contributed by atoms with E-state index in [1.807, 2.05) is 6.92 Å². The van der Waals surface area contributed by atoms with Gasteiger partial charge in [-0.2, -0.15) is 0 Å². The van der Waals surface area contributed by atoms with Crippen LogP contribution in [0.1, 0.15) is 9.88 Å². The van der Waals surface area contributed by atoms with Crippen LogP contribution in [0.15, 0.2) is 29.3 Å². The van der Waals surface area contributed by atoms with E-state index in [1.54, 1.807) is 34.4 Å². The number of hydrogen-bond donors (Lipinski definition) is 1. The maximum Gasteiger partial charge on any atom is 0.250 e. The molecule has 4 nitrogen and oxygen atoms in total.